The van der Waals surface area contributed by atoms with Crippen molar-refractivity contribution >= 4 is 5.91 Å². The van der Waals surface area contributed by atoms with Gasteiger partial charge in [0.25, 0.3) is 5.91 Å². The van der Waals surface area contributed by atoms with Crippen molar-refractivity contribution in [1.29, 1.82) is 0 Å². The Labute approximate surface area is 135 Å². The Kier molecular flexibility index (Phi) is 4.60. The number of halogens is 1. The zero-order chi connectivity index (χ0) is 16.2. The largest absolute Gasteiger partial charge is 0.486 e. The molecule has 0 saturated carbocycles. The molecule has 0 radical (unpaired) electrons. The summed E-state index contributed by atoms with van der Waals surface area (Å²) in [5, 5.41) is 2.76. The van der Waals surface area contributed by atoms with Crippen molar-refractivity contribution in [1.82, 2.24) is 5.32 Å². The van der Waals surface area contributed by atoms with Gasteiger partial charge in [0.05, 0.1) is 0 Å². The first-order valence-corrected chi connectivity index (χ1v) is 8.00. The fourth-order valence-corrected chi connectivity index (χ4v) is 2.96. The van der Waals surface area contributed by atoms with E-state index in [1.807, 2.05) is 13.0 Å². The highest BCUT2D eigenvalue weighted by molar-refractivity contribution is 5.94. The van der Waals surface area contributed by atoms with Crippen LogP contribution in [0.25, 0.3) is 0 Å². The lowest BCUT2D eigenvalue weighted by molar-refractivity contribution is 0.0955. The van der Waals surface area contributed by atoms with Crippen LogP contribution in [0.15, 0.2) is 42.5 Å². The molecule has 0 fully saturated rings. The predicted molar refractivity (Wildman–Crippen MR) is 87.2 cm³/mol. The number of benzene rings is 2. The van der Waals surface area contributed by atoms with E-state index in [1.165, 1.54) is 6.07 Å². The van der Waals surface area contributed by atoms with Crippen LogP contribution in [0.4, 0.5) is 4.39 Å². The van der Waals surface area contributed by atoms with Crippen LogP contribution in [-0.2, 0) is 6.42 Å². The molecule has 0 bridgehead atoms. The SMILES string of the molecule is CCNC(=O)c1ccc(OC2CCCc3ccc(F)cc32)cc1. The molecular formula is C19H20FNO2. The summed E-state index contributed by atoms with van der Waals surface area (Å²) in [4.78, 5) is 11.8. The van der Waals surface area contributed by atoms with Gasteiger partial charge in [-0.25, -0.2) is 4.39 Å². The van der Waals surface area contributed by atoms with Gasteiger partial charge in [0.1, 0.15) is 17.7 Å². The van der Waals surface area contributed by atoms with Gasteiger partial charge in [-0.1, -0.05) is 6.07 Å². The predicted octanol–water partition coefficient (Wildman–Crippen LogP) is 4.03. The van der Waals surface area contributed by atoms with E-state index < -0.39 is 0 Å². The van der Waals surface area contributed by atoms with Crippen LogP contribution in [0.1, 0.15) is 47.4 Å². The number of rotatable bonds is 4. The summed E-state index contributed by atoms with van der Waals surface area (Å²) in [7, 11) is 0. The molecular weight excluding hydrogens is 293 g/mol. The minimum Gasteiger partial charge on any atom is -0.486 e. The van der Waals surface area contributed by atoms with Gasteiger partial charge in [-0.3, -0.25) is 4.79 Å². The molecule has 1 unspecified atom stereocenters. The Morgan fingerprint density at radius 1 is 1.26 bits per heavy atom. The van der Waals surface area contributed by atoms with Crippen LogP contribution in [0.3, 0.4) is 0 Å². The second-order valence-corrected chi connectivity index (χ2v) is 5.73. The van der Waals surface area contributed by atoms with Crippen molar-refractivity contribution in [3.05, 3.63) is 65.0 Å². The van der Waals surface area contributed by atoms with E-state index in [4.69, 9.17) is 4.74 Å². The summed E-state index contributed by atoms with van der Waals surface area (Å²) in [5.41, 5.74) is 2.69. The Hall–Kier alpha value is -2.36. The number of amides is 1. The van der Waals surface area contributed by atoms with Crippen molar-refractivity contribution in [3.8, 4) is 5.75 Å². The van der Waals surface area contributed by atoms with Gasteiger partial charge >= 0.3 is 0 Å². The molecule has 4 heteroatoms. The number of aryl methyl sites for hydroxylation is 1. The molecule has 2 aromatic rings. The van der Waals surface area contributed by atoms with Gasteiger partial charge in [0, 0.05) is 12.1 Å². The van der Waals surface area contributed by atoms with Crippen LogP contribution in [0.2, 0.25) is 0 Å². The third kappa shape index (κ3) is 3.52. The summed E-state index contributed by atoms with van der Waals surface area (Å²) in [6.07, 6.45) is 2.73. The van der Waals surface area contributed by atoms with E-state index in [9.17, 15) is 9.18 Å². The van der Waals surface area contributed by atoms with Gasteiger partial charge in [-0.15, -0.1) is 0 Å². The highest BCUT2D eigenvalue weighted by atomic mass is 19.1. The number of fused-ring (bicyclic) bond motifs is 1. The molecule has 120 valence electrons. The molecule has 23 heavy (non-hydrogen) atoms. The first kappa shape index (κ1) is 15.5. The Morgan fingerprint density at radius 2 is 2.04 bits per heavy atom. The third-order valence-electron chi connectivity index (χ3n) is 4.10. The van der Waals surface area contributed by atoms with Gasteiger partial charge in [0.15, 0.2) is 0 Å². The molecule has 1 N–H and O–H groups in total. The molecule has 0 saturated heterocycles. The number of hydrogen-bond acceptors (Lipinski definition) is 2. The van der Waals surface area contributed by atoms with Crippen molar-refractivity contribution in [2.45, 2.75) is 32.3 Å². The molecule has 1 atom stereocenters. The molecule has 3 rings (SSSR count). The van der Waals surface area contributed by atoms with Crippen molar-refractivity contribution in [2.24, 2.45) is 0 Å². The Bertz CT molecular complexity index is 697. The quantitative estimate of drug-likeness (QED) is 0.925. The highest BCUT2D eigenvalue weighted by Gasteiger charge is 2.22. The zero-order valence-corrected chi connectivity index (χ0v) is 13.1. The number of ether oxygens (including phenoxy) is 1. The molecule has 0 aromatic heterocycles. The van der Waals surface area contributed by atoms with E-state index in [1.54, 1.807) is 30.3 Å². The van der Waals surface area contributed by atoms with E-state index >= 15 is 0 Å². The maximum absolute atomic E-state index is 13.5. The second kappa shape index (κ2) is 6.82. The van der Waals surface area contributed by atoms with E-state index in [0.29, 0.717) is 17.9 Å². The molecule has 1 amide bonds. The zero-order valence-electron chi connectivity index (χ0n) is 13.1. The smallest absolute Gasteiger partial charge is 0.251 e. The van der Waals surface area contributed by atoms with Crippen LogP contribution in [0, 0.1) is 5.82 Å². The molecule has 0 spiro atoms. The third-order valence-corrected chi connectivity index (χ3v) is 4.10. The fraction of sp³-hybridized carbons (Fsp3) is 0.316. The van der Waals surface area contributed by atoms with Gasteiger partial charge in [-0.05, 0) is 73.7 Å². The van der Waals surface area contributed by atoms with Gasteiger partial charge < -0.3 is 10.1 Å². The van der Waals surface area contributed by atoms with Crippen LogP contribution in [0.5, 0.6) is 5.75 Å². The van der Waals surface area contributed by atoms with E-state index in [0.717, 1.165) is 30.4 Å². The molecule has 0 heterocycles. The average Bonchev–Trinajstić information content (AvgIpc) is 2.56. The summed E-state index contributed by atoms with van der Waals surface area (Å²) in [6, 6.07) is 12.0. The minimum atomic E-state index is -0.231. The first-order valence-electron chi connectivity index (χ1n) is 8.00. The minimum absolute atomic E-state index is 0.0934. The highest BCUT2D eigenvalue weighted by Crippen LogP contribution is 2.34. The topological polar surface area (TPSA) is 38.3 Å². The summed E-state index contributed by atoms with van der Waals surface area (Å²) in [6.45, 7) is 2.48. The standard InChI is InChI=1S/C19H20FNO2/c1-2-21-19(22)14-7-10-16(11-8-14)23-18-5-3-4-13-6-9-15(20)12-17(13)18/h6-12,18H,2-5H2,1H3,(H,21,22). The number of nitrogens with one attached hydrogen (secondary N) is 1. The van der Waals surface area contributed by atoms with Crippen LogP contribution >= 0.6 is 0 Å². The lowest BCUT2D eigenvalue weighted by Gasteiger charge is -2.26. The fourth-order valence-electron chi connectivity index (χ4n) is 2.96. The van der Waals surface area contributed by atoms with Gasteiger partial charge in [0.2, 0.25) is 0 Å². The summed E-state index contributed by atoms with van der Waals surface area (Å²) in [5.74, 6) is 0.370. The van der Waals surface area contributed by atoms with E-state index in [-0.39, 0.29) is 17.8 Å². The molecule has 0 aliphatic heterocycles. The van der Waals surface area contributed by atoms with E-state index in [2.05, 4.69) is 5.32 Å². The maximum Gasteiger partial charge on any atom is 0.251 e. The summed E-state index contributed by atoms with van der Waals surface area (Å²) < 4.78 is 19.6. The lowest BCUT2D eigenvalue weighted by atomic mass is 9.89. The second-order valence-electron chi connectivity index (χ2n) is 5.73. The number of hydrogen-bond donors (Lipinski definition) is 1. The Morgan fingerprint density at radius 3 is 2.78 bits per heavy atom. The normalized spacial score (nSPS) is 16.5. The van der Waals surface area contributed by atoms with Crippen LogP contribution in [-0.4, -0.2) is 12.5 Å². The van der Waals surface area contributed by atoms with Crippen molar-refractivity contribution < 1.29 is 13.9 Å². The average molecular weight is 313 g/mol. The van der Waals surface area contributed by atoms with Crippen molar-refractivity contribution in [2.75, 3.05) is 6.54 Å². The maximum atomic E-state index is 13.5. The Balaban J connectivity index is 1.76. The molecule has 3 nitrogen and oxygen atoms in total. The van der Waals surface area contributed by atoms with Crippen molar-refractivity contribution in [3.63, 3.8) is 0 Å². The summed E-state index contributed by atoms with van der Waals surface area (Å²) >= 11 is 0. The number of carbonyl (C=O) groups excluding carboxylic acids is 1. The van der Waals surface area contributed by atoms with Crippen LogP contribution < -0.4 is 10.1 Å². The first-order chi connectivity index (χ1) is 11.2. The lowest BCUT2D eigenvalue weighted by Crippen LogP contribution is -2.22. The monoisotopic (exact) mass is 313 g/mol. The number of carbonyl (C=O) groups is 1. The molecule has 1 aliphatic carbocycles. The molecule has 2 aromatic carbocycles. The van der Waals surface area contributed by atoms with Gasteiger partial charge in [-0.2, -0.15) is 0 Å². The molecule has 1 aliphatic rings.